The quantitative estimate of drug-likeness (QED) is 0.523. The van der Waals surface area contributed by atoms with E-state index in [0.29, 0.717) is 12.4 Å². The number of aromatic nitrogens is 1. The summed E-state index contributed by atoms with van der Waals surface area (Å²) in [5.41, 5.74) is 7.55. The van der Waals surface area contributed by atoms with Crippen LogP contribution in [0.5, 0.6) is 0 Å². The standard InChI is InChI=1S/C13H13N3O.ClH/c14-13(12-7-4-8-15-9-12)16-17-10-11-5-2-1-3-6-11;/h1-9H,10H2,(H2,14,16);1H. The number of hydrogen-bond donors (Lipinski definition) is 1. The van der Waals surface area contributed by atoms with Crippen molar-refractivity contribution in [2.75, 3.05) is 0 Å². The fourth-order valence-corrected chi connectivity index (χ4v) is 1.32. The van der Waals surface area contributed by atoms with Crippen LogP contribution < -0.4 is 5.73 Å². The molecule has 0 unspecified atom stereocenters. The number of halogens is 1. The minimum Gasteiger partial charge on any atom is -0.389 e. The first-order valence-electron chi connectivity index (χ1n) is 5.26. The first-order valence-corrected chi connectivity index (χ1v) is 5.26. The maximum Gasteiger partial charge on any atom is 0.171 e. The molecule has 94 valence electrons. The lowest BCUT2D eigenvalue weighted by atomic mass is 10.2. The van der Waals surface area contributed by atoms with E-state index < -0.39 is 0 Å². The number of rotatable bonds is 4. The summed E-state index contributed by atoms with van der Waals surface area (Å²) in [7, 11) is 0. The average Bonchev–Trinajstić information content (AvgIpc) is 2.41. The summed E-state index contributed by atoms with van der Waals surface area (Å²) in [6, 6.07) is 13.4. The highest BCUT2D eigenvalue weighted by Gasteiger charge is 1.97. The van der Waals surface area contributed by atoms with Gasteiger partial charge in [0.05, 0.1) is 0 Å². The van der Waals surface area contributed by atoms with Gasteiger partial charge in [-0.1, -0.05) is 35.5 Å². The second-order valence-electron chi connectivity index (χ2n) is 3.48. The lowest BCUT2D eigenvalue weighted by Gasteiger charge is -2.01. The Kier molecular flexibility index (Phi) is 5.67. The molecule has 1 heterocycles. The smallest absolute Gasteiger partial charge is 0.171 e. The zero-order valence-electron chi connectivity index (χ0n) is 9.69. The van der Waals surface area contributed by atoms with Crippen LogP contribution in [0.2, 0.25) is 0 Å². The van der Waals surface area contributed by atoms with Crippen LogP contribution in [-0.4, -0.2) is 10.8 Å². The molecule has 0 spiro atoms. The molecule has 5 heteroatoms. The third kappa shape index (κ3) is 4.07. The zero-order valence-corrected chi connectivity index (χ0v) is 10.5. The molecule has 0 amide bonds. The molecule has 0 fully saturated rings. The topological polar surface area (TPSA) is 60.5 Å². The van der Waals surface area contributed by atoms with Gasteiger partial charge in [-0.25, -0.2) is 0 Å². The molecule has 0 saturated heterocycles. The fraction of sp³-hybridized carbons (Fsp3) is 0.0769. The van der Waals surface area contributed by atoms with Crippen molar-refractivity contribution in [2.45, 2.75) is 6.61 Å². The van der Waals surface area contributed by atoms with E-state index in [0.717, 1.165) is 11.1 Å². The van der Waals surface area contributed by atoms with Crippen LogP contribution in [0, 0.1) is 0 Å². The molecule has 0 aliphatic rings. The van der Waals surface area contributed by atoms with Gasteiger partial charge in [-0.05, 0) is 17.7 Å². The van der Waals surface area contributed by atoms with E-state index in [4.69, 9.17) is 10.6 Å². The van der Waals surface area contributed by atoms with Gasteiger partial charge in [0.25, 0.3) is 0 Å². The van der Waals surface area contributed by atoms with Gasteiger partial charge in [0, 0.05) is 18.0 Å². The van der Waals surface area contributed by atoms with Crippen LogP contribution in [0.4, 0.5) is 0 Å². The summed E-state index contributed by atoms with van der Waals surface area (Å²) in [5, 5.41) is 3.84. The van der Waals surface area contributed by atoms with Gasteiger partial charge < -0.3 is 10.6 Å². The summed E-state index contributed by atoms with van der Waals surface area (Å²) in [4.78, 5) is 9.13. The lowest BCUT2D eigenvalue weighted by molar-refractivity contribution is 0.130. The molecule has 0 radical (unpaired) electrons. The molecule has 0 aliphatic carbocycles. The average molecular weight is 264 g/mol. The predicted molar refractivity (Wildman–Crippen MR) is 73.4 cm³/mol. The van der Waals surface area contributed by atoms with Gasteiger partial charge in [-0.3, -0.25) is 4.98 Å². The molecule has 1 aromatic heterocycles. The van der Waals surface area contributed by atoms with Crippen molar-refractivity contribution >= 4 is 18.2 Å². The Morgan fingerprint density at radius 3 is 2.61 bits per heavy atom. The van der Waals surface area contributed by atoms with Crippen molar-refractivity contribution < 1.29 is 4.84 Å². The maximum absolute atomic E-state index is 5.74. The highest BCUT2D eigenvalue weighted by atomic mass is 35.5. The lowest BCUT2D eigenvalue weighted by Crippen LogP contribution is -2.13. The Morgan fingerprint density at radius 2 is 1.94 bits per heavy atom. The van der Waals surface area contributed by atoms with Crippen molar-refractivity contribution in [2.24, 2.45) is 10.9 Å². The third-order valence-electron chi connectivity index (χ3n) is 2.19. The maximum atomic E-state index is 5.74. The largest absolute Gasteiger partial charge is 0.389 e. The van der Waals surface area contributed by atoms with Gasteiger partial charge in [-0.2, -0.15) is 0 Å². The highest BCUT2D eigenvalue weighted by Crippen LogP contribution is 2.01. The van der Waals surface area contributed by atoms with E-state index in [1.165, 1.54) is 0 Å². The first-order chi connectivity index (χ1) is 8.36. The van der Waals surface area contributed by atoms with E-state index in [1.807, 2.05) is 36.4 Å². The second-order valence-corrected chi connectivity index (χ2v) is 3.48. The van der Waals surface area contributed by atoms with E-state index >= 15 is 0 Å². The minimum absolute atomic E-state index is 0. The number of pyridine rings is 1. The number of nitrogens with zero attached hydrogens (tertiary/aromatic N) is 2. The Morgan fingerprint density at radius 1 is 1.17 bits per heavy atom. The van der Waals surface area contributed by atoms with Crippen LogP contribution >= 0.6 is 12.4 Å². The van der Waals surface area contributed by atoms with Gasteiger partial charge in [0.2, 0.25) is 0 Å². The molecular weight excluding hydrogens is 250 g/mol. The molecular formula is C13H14ClN3O. The van der Waals surface area contributed by atoms with Crippen LogP contribution in [0.15, 0.2) is 60.0 Å². The number of amidine groups is 1. The van der Waals surface area contributed by atoms with E-state index in [-0.39, 0.29) is 12.4 Å². The Labute approximate surface area is 112 Å². The minimum atomic E-state index is 0. The molecule has 1 aromatic carbocycles. The van der Waals surface area contributed by atoms with Crippen molar-refractivity contribution in [3.05, 3.63) is 66.0 Å². The molecule has 0 aliphatic heterocycles. The molecule has 0 atom stereocenters. The molecule has 0 bridgehead atoms. The molecule has 18 heavy (non-hydrogen) atoms. The van der Waals surface area contributed by atoms with Gasteiger partial charge in [0.15, 0.2) is 5.84 Å². The van der Waals surface area contributed by atoms with Crippen molar-refractivity contribution in [3.8, 4) is 0 Å². The predicted octanol–water partition coefficient (Wildman–Crippen LogP) is 2.34. The molecule has 4 nitrogen and oxygen atoms in total. The van der Waals surface area contributed by atoms with Crippen LogP contribution in [0.3, 0.4) is 0 Å². The van der Waals surface area contributed by atoms with Gasteiger partial charge in [-0.15, -0.1) is 12.4 Å². The highest BCUT2D eigenvalue weighted by molar-refractivity contribution is 5.96. The Bertz CT molecular complexity index is 488. The van der Waals surface area contributed by atoms with E-state index in [2.05, 4.69) is 10.1 Å². The SMILES string of the molecule is Cl.N/C(=N\OCc1ccccc1)c1cccnc1. The van der Waals surface area contributed by atoms with E-state index in [9.17, 15) is 0 Å². The van der Waals surface area contributed by atoms with Crippen LogP contribution in [0.25, 0.3) is 0 Å². The Hall–Kier alpha value is -2.07. The van der Waals surface area contributed by atoms with Crippen molar-refractivity contribution in [1.82, 2.24) is 4.98 Å². The molecule has 2 N–H and O–H groups in total. The third-order valence-corrected chi connectivity index (χ3v) is 2.19. The zero-order chi connectivity index (χ0) is 11.9. The summed E-state index contributed by atoms with van der Waals surface area (Å²) in [6.07, 6.45) is 3.33. The molecule has 0 saturated carbocycles. The van der Waals surface area contributed by atoms with Gasteiger partial charge >= 0.3 is 0 Å². The van der Waals surface area contributed by atoms with Crippen LogP contribution in [0.1, 0.15) is 11.1 Å². The first kappa shape index (κ1) is 14.0. The monoisotopic (exact) mass is 263 g/mol. The van der Waals surface area contributed by atoms with Crippen molar-refractivity contribution in [1.29, 1.82) is 0 Å². The van der Waals surface area contributed by atoms with Crippen LogP contribution in [-0.2, 0) is 11.4 Å². The molecule has 2 rings (SSSR count). The number of nitrogens with two attached hydrogens (primary N) is 1. The van der Waals surface area contributed by atoms with E-state index in [1.54, 1.807) is 18.5 Å². The number of benzene rings is 1. The van der Waals surface area contributed by atoms with Crippen molar-refractivity contribution in [3.63, 3.8) is 0 Å². The second kappa shape index (κ2) is 7.29. The fourth-order valence-electron chi connectivity index (χ4n) is 1.32. The summed E-state index contributed by atoms with van der Waals surface area (Å²) in [6.45, 7) is 0.405. The van der Waals surface area contributed by atoms with Gasteiger partial charge in [0.1, 0.15) is 6.61 Å². The molecule has 2 aromatic rings. The normalized spacial score (nSPS) is 10.6. The summed E-state index contributed by atoms with van der Waals surface area (Å²) in [5.74, 6) is 0.328. The summed E-state index contributed by atoms with van der Waals surface area (Å²) >= 11 is 0. The number of oxime groups is 1. The Balaban J connectivity index is 0.00000162. The number of hydrogen-bond acceptors (Lipinski definition) is 3. The summed E-state index contributed by atoms with van der Waals surface area (Å²) < 4.78 is 0.